The van der Waals surface area contributed by atoms with E-state index in [1.807, 2.05) is 43.3 Å². The minimum absolute atomic E-state index is 0.00926. The fraction of sp³-hybridized carbons (Fsp3) is 0.348. The molecule has 0 radical (unpaired) electrons. The Kier molecular flexibility index (Phi) is 5.97. The number of nitrogens with one attached hydrogen (secondary N) is 1. The van der Waals surface area contributed by atoms with Crippen LogP contribution >= 0.6 is 0 Å². The molecule has 0 saturated heterocycles. The van der Waals surface area contributed by atoms with Crippen LogP contribution in [0.4, 0.5) is 11.4 Å². The summed E-state index contributed by atoms with van der Waals surface area (Å²) in [5.41, 5.74) is 4.62. The zero-order valence-corrected chi connectivity index (χ0v) is 17.5. The van der Waals surface area contributed by atoms with E-state index >= 15 is 0 Å². The van der Waals surface area contributed by atoms with Crippen molar-refractivity contribution in [2.75, 3.05) is 43.5 Å². The number of fused-ring (bicyclic) bond motifs is 1. The maximum atomic E-state index is 12.4. The monoisotopic (exact) mass is 405 g/mol. The van der Waals surface area contributed by atoms with E-state index in [9.17, 15) is 4.79 Å². The summed E-state index contributed by atoms with van der Waals surface area (Å²) < 4.78 is 5.16. The van der Waals surface area contributed by atoms with Crippen LogP contribution in [0.15, 0.2) is 53.1 Å². The number of carbonyl (C=O) groups excluding carboxylic acids is 1. The molecule has 156 valence electrons. The molecule has 3 aromatic rings. The Balaban J connectivity index is 1.28. The quantitative estimate of drug-likeness (QED) is 0.608. The maximum absolute atomic E-state index is 12.4. The topological polar surface area (TPSA) is 74.5 Å². The van der Waals surface area contributed by atoms with Crippen molar-refractivity contribution in [3.05, 3.63) is 60.0 Å². The van der Waals surface area contributed by atoms with Gasteiger partial charge in [-0.1, -0.05) is 23.4 Å². The lowest BCUT2D eigenvalue weighted by molar-refractivity contribution is 0.0909. The van der Waals surface area contributed by atoms with Gasteiger partial charge in [0, 0.05) is 50.7 Å². The lowest BCUT2D eigenvalue weighted by Gasteiger charge is -2.31. The van der Waals surface area contributed by atoms with Gasteiger partial charge in [-0.3, -0.25) is 4.79 Å². The smallest absolute Gasteiger partial charge is 0.316 e. The van der Waals surface area contributed by atoms with Gasteiger partial charge < -0.3 is 19.6 Å². The first-order valence-corrected chi connectivity index (χ1v) is 10.3. The van der Waals surface area contributed by atoms with Crippen LogP contribution in [0.3, 0.4) is 0 Å². The first-order valence-electron chi connectivity index (χ1n) is 10.3. The highest BCUT2D eigenvalue weighted by molar-refractivity contribution is 5.89. The molecule has 2 heterocycles. The first-order chi connectivity index (χ1) is 14.6. The maximum Gasteiger partial charge on any atom is 0.316 e. The molecule has 7 heteroatoms. The molecule has 0 aliphatic carbocycles. The number of aromatic nitrogens is 2. The van der Waals surface area contributed by atoms with Gasteiger partial charge in [0.2, 0.25) is 5.82 Å². The third kappa shape index (κ3) is 4.45. The normalized spacial score (nSPS) is 13.1. The van der Waals surface area contributed by atoms with Gasteiger partial charge >= 0.3 is 11.8 Å². The van der Waals surface area contributed by atoms with Crippen molar-refractivity contribution in [3.8, 4) is 11.4 Å². The number of nitrogens with zero attached hydrogens (tertiary/aromatic N) is 4. The van der Waals surface area contributed by atoms with Crippen LogP contribution in [0.1, 0.15) is 29.1 Å². The predicted octanol–water partition coefficient (Wildman–Crippen LogP) is 3.38. The van der Waals surface area contributed by atoms with Crippen LogP contribution in [0.2, 0.25) is 0 Å². The molecular formula is C23H27N5O2. The lowest BCUT2D eigenvalue weighted by Crippen LogP contribution is -2.33. The van der Waals surface area contributed by atoms with Crippen LogP contribution in [-0.2, 0) is 6.42 Å². The highest BCUT2D eigenvalue weighted by atomic mass is 16.5. The summed E-state index contributed by atoms with van der Waals surface area (Å²) in [4.78, 5) is 21.0. The third-order valence-corrected chi connectivity index (χ3v) is 5.36. The van der Waals surface area contributed by atoms with Crippen LogP contribution < -0.4 is 15.1 Å². The van der Waals surface area contributed by atoms with Crippen LogP contribution in [0, 0.1) is 0 Å². The molecule has 2 aromatic carbocycles. The van der Waals surface area contributed by atoms with Crippen LogP contribution in [0.25, 0.3) is 11.4 Å². The number of aryl methyl sites for hydroxylation is 1. The van der Waals surface area contributed by atoms with E-state index in [1.54, 1.807) is 0 Å². The molecule has 1 aliphatic heterocycles. The number of amides is 1. The summed E-state index contributed by atoms with van der Waals surface area (Å²) in [7, 11) is 3.96. The van der Waals surface area contributed by atoms with E-state index < -0.39 is 0 Å². The second-order valence-corrected chi connectivity index (χ2v) is 7.69. The van der Waals surface area contributed by atoms with Crippen molar-refractivity contribution >= 4 is 17.3 Å². The Morgan fingerprint density at radius 2 is 1.97 bits per heavy atom. The summed E-state index contributed by atoms with van der Waals surface area (Å²) in [6.45, 7) is 2.53. The summed E-state index contributed by atoms with van der Waals surface area (Å²) in [5.74, 6) is 0.0677. The Morgan fingerprint density at radius 3 is 2.77 bits per heavy atom. The number of anilines is 2. The molecule has 4 rings (SSSR count). The molecule has 1 N–H and O–H groups in total. The van der Waals surface area contributed by atoms with E-state index in [1.165, 1.54) is 17.7 Å². The van der Waals surface area contributed by atoms with Gasteiger partial charge in [-0.15, -0.1) is 0 Å². The van der Waals surface area contributed by atoms with Gasteiger partial charge in [-0.25, -0.2) is 0 Å². The molecule has 0 unspecified atom stereocenters. The largest absolute Gasteiger partial charge is 0.378 e. The van der Waals surface area contributed by atoms with Crippen molar-refractivity contribution in [2.24, 2.45) is 0 Å². The van der Waals surface area contributed by atoms with E-state index in [0.717, 1.165) is 37.2 Å². The van der Waals surface area contributed by atoms with E-state index in [0.29, 0.717) is 12.4 Å². The number of benzene rings is 2. The number of rotatable bonds is 7. The van der Waals surface area contributed by atoms with Crippen LogP contribution in [-0.4, -0.2) is 49.8 Å². The molecule has 7 nitrogen and oxygen atoms in total. The number of para-hydroxylation sites is 1. The second kappa shape index (κ2) is 8.98. The van der Waals surface area contributed by atoms with Crippen molar-refractivity contribution in [2.45, 2.75) is 19.3 Å². The van der Waals surface area contributed by atoms with Gasteiger partial charge in [0.05, 0.1) is 0 Å². The Bertz CT molecular complexity index is 997. The molecule has 30 heavy (non-hydrogen) atoms. The van der Waals surface area contributed by atoms with Gasteiger partial charge in [-0.05, 0) is 55.2 Å². The molecular weight excluding hydrogens is 378 g/mol. The zero-order chi connectivity index (χ0) is 20.9. The molecule has 0 spiro atoms. The highest BCUT2D eigenvalue weighted by Crippen LogP contribution is 2.26. The second-order valence-electron chi connectivity index (χ2n) is 7.69. The SMILES string of the molecule is CN(C)c1ccc(-c2noc(C(=O)NCCCN3CCCc4ccccc43)n2)cc1. The first kappa shape index (κ1) is 19.9. The van der Waals surface area contributed by atoms with Crippen molar-refractivity contribution < 1.29 is 9.32 Å². The van der Waals surface area contributed by atoms with Crippen LogP contribution in [0.5, 0.6) is 0 Å². The molecule has 1 aliphatic rings. The minimum Gasteiger partial charge on any atom is -0.378 e. The molecule has 0 saturated carbocycles. The van der Waals surface area contributed by atoms with Crippen molar-refractivity contribution in [1.29, 1.82) is 0 Å². The lowest BCUT2D eigenvalue weighted by atomic mass is 10.0. The summed E-state index contributed by atoms with van der Waals surface area (Å²) >= 11 is 0. The van der Waals surface area contributed by atoms with Crippen molar-refractivity contribution in [3.63, 3.8) is 0 Å². The number of hydrogen-bond acceptors (Lipinski definition) is 6. The molecule has 0 atom stereocenters. The molecule has 0 bridgehead atoms. The van der Waals surface area contributed by atoms with E-state index in [2.05, 4.69) is 44.6 Å². The average molecular weight is 406 g/mol. The van der Waals surface area contributed by atoms with Gasteiger partial charge in [0.15, 0.2) is 0 Å². The summed E-state index contributed by atoms with van der Waals surface area (Å²) in [6.07, 6.45) is 3.16. The third-order valence-electron chi connectivity index (χ3n) is 5.36. The van der Waals surface area contributed by atoms with E-state index in [4.69, 9.17) is 4.52 Å². The average Bonchev–Trinajstić information content (AvgIpc) is 3.27. The summed E-state index contributed by atoms with van der Waals surface area (Å²) in [6, 6.07) is 16.3. The predicted molar refractivity (Wildman–Crippen MR) is 118 cm³/mol. The van der Waals surface area contributed by atoms with Crippen molar-refractivity contribution in [1.82, 2.24) is 15.5 Å². The van der Waals surface area contributed by atoms with Gasteiger partial charge in [-0.2, -0.15) is 4.98 Å². The van der Waals surface area contributed by atoms with Gasteiger partial charge in [0.25, 0.3) is 0 Å². The number of carbonyl (C=O) groups is 1. The standard InChI is InChI=1S/C23H27N5O2/c1-27(2)19-12-10-18(11-13-19)21-25-23(30-26-21)22(29)24-14-6-16-28-15-5-8-17-7-3-4-9-20(17)28/h3-4,7,9-13H,5-6,8,14-16H2,1-2H3,(H,24,29). The molecule has 1 amide bonds. The Labute approximate surface area is 176 Å². The minimum atomic E-state index is -0.335. The summed E-state index contributed by atoms with van der Waals surface area (Å²) in [5, 5.41) is 6.82. The molecule has 1 aromatic heterocycles. The Morgan fingerprint density at radius 1 is 1.17 bits per heavy atom. The highest BCUT2D eigenvalue weighted by Gasteiger charge is 2.18. The molecule has 0 fully saturated rings. The zero-order valence-electron chi connectivity index (χ0n) is 17.5. The fourth-order valence-corrected chi connectivity index (χ4v) is 3.73. The Hall–Kier alpha value is -3.35. The van der Waals surface area contributed by atoms with Gasteiger partial charge in [0.1, 0.15) is 0 Å². The van der Waals surface area contributed by atoms with E-state index in [-0.39, 0.29) is 11.8 Å². The number of hydrogen-bond donors (Lipinski definition) is 1. The fourth-order valence-electron chi connectivity index (χ4n) is 3.73.